The van der Waals surface area contributed by atoms with Crippen LogP contribution in [0.4, 0.5) is 0 Å². The normalized spacial score (nSPS) is 34.7. The predicted octanol–water partition coefficient (Wildman–Crippen LogP) is 3.92. The minimum absolute atomic E-state index is 0.0828. The van der Waals surface area contributed by atoms with E-state index in [2.05, 4.69) is 10.4 Å². The zero-order valence-corrected chi connectivity index (χ0v) is 19.3. The predicted molar refractivity (Wildman–Crippen MR) is 124 cm³/mol. The molecule has 6 nitrogen and oxygen atoms in total. The van der Waals surface area contributed by atoms with Crippen LogP contribution in [0.3, 0.4) is 0 Å². The first-order valence-electron chi connectivity index (χ1n) is 13.0. The van der Waals surface area contributed by atoms with Gasteiger partial charge in [0.15, 0.2) is 6.61 Å². The zero-order valence-electron chi connectivity index (χ0n) is 19.3. The van der Waals surface area contributed by atoms with E-state index in [1.165, 1.54) is 32.1 Å². The number of carbonyl (C=O) groups excluding carboxylic acids is 1. The molecule has 7 rings (SSSR count). The molecule has 0 atom stereocenters. The molecule has 6 heteroatoms. The molecule has 0 unspecified atom stereocenters. The van der Waals surface area contributed by atoms with Crippen molar-refractivity contribution in [2.45, 2.75) is 69.9 Å². The summed E-state index contributed by atoms with van der Waals surface area (Å²) in [6.07, 6.45) is 15.0. The molecule has 5 aliphatic rings. The highest BCUT2D eigenvalue weighted by molar-refractivity contribution is 5.94. The van der Waals surface area contributed by atoms with Crippen LogP contribution in [-0.4, -0.2) is 29.8 Å². The molecule has 0 aliphatic heterocycles. The summed E-state index contributed by atoms with van der Waals surface area (Å²) < 4.78 is 6.23. The standard InChI is InChI=1S/C27H35N3O3/c31-27(29-26-22-13-19-12-20(15-22)16-23(26)14-19)21-4-8-25(9-5-21)33-24-6-2-18(3-7-24)17-32-30-11-1-10-28-30/h1,4-5,8-11,18-20,22-24,26H,2-3,6-7,12-17H2,(H,29,31)/p+1. The van der Waals surface area contributed by atoms with E-state index in [1.54, 1.807) is 4.85 Å². The van der Waals surface area contributed by atoms with Gasteiger partial charge in [-0.05, 0) is 106 Å². The number of aromatic nitrogens is 2. The number of nitrogens with one attached hydrogen (secondary N) is 2. The lowest BCUT2D eigenvalue weighted by Gasteiger charge is -2.54. The Hall–Kier alpha value is -2.50. The molecule has 0 spiro atoms. The summed E-state index contributed by atoms with van der Waals surface area (Å²) in [5.74, 6) is 4.78. The minimum atomic E-state index is 0.0828. The van der Waals surface area contributed by atoms with Gasteiger partial charge < -0.3 is 10.1 Å². The van der Waals surface area contributed by atoms with Crippen LogP contribution in [0.25, 0.3) is 0 Å². The van der Waals surface area contributed by atoms with Crippen molar-refractivity contribution < 1.29 is 19.2 Å². The second-order valence-corrected chi connectivity index (χ2v) is 11.0. The van der Waals surface area contributed by atoms with E-state index in [9.17, 15) is 4.79 Å². The van der Waals surface area contributed by atoms with E-state index in [4.69, 9.17) is 9.57 Å². The highest BCUT2D eigenvalue weighted by atomic mass is 16.7. The molecule has 5 saturated carbocycles. The van der Waals surface area contributed by atoms with Crippen LogP contribution in [0.5, 0.6) is 5.75 Å². The summed E-state index contributed by atoms with van der Waals surface area (Å²) in [7, 11) is 0. The average Bonchev–Trinajstić information content (AvgIpc) is 3.35. The number of hydrogen-bond donors (Lipinski definition) is 2. The van der Waals surface area contributed by atoms with Gasteiger partial charge in [-0.25, -0.2) is 4.84 Å². The first-order chi connectivity index (χ1) is 16.2. The topological polar surface area (TPSA) is 67.2 Å². The molecule has 0 radical (unpaired) electrons. The Labute approximate surface area is 196 Å². The lowest BCUT2D eigenvalue weighted by molar-refractivity contribution is -0.933. The minimum Gasteiger partial charge on any atom is -0.490 e. The highest BCUT2D eigenvalue weighted by Crippen LogP contribution is 2.53. The van der Waals surface area contributed by atoms with E-state index in [1.807, 2.05) is 42.7 Å². The van der Waals surface area contributed by atoms with Crippen molar-refractivity contribution in [3.05, 3.63) is 48.3 Å². The molecule has 2 aromatic rings. The average molecular weight is 451 g/mol. The number of H-pyrrole nitrogens is 1. The van der Waals surface area contributed by atoms with Crippen LogP contribution < -0.4 is 19.7 Å². The Morgan fingerprint density at radius 1 is 0.970 bits per heavy atom. The van der Waals surface area contributed by atoms with Gasteiger partial charge in [0.2, 0.25) is 0 Å². The van der Waals surface area contributed by atoms with Crippen molar-refractivity contribution in [1.29, 1.82) is 0 Å². The molecule has 5 fully saturated rings. The summed E-state index contributed by atoms with van der Waals surface area (Å²) in [5.41, 5.74) is 0.749. The van der Waals surface area contributed by atoms with E-state index in [-0.39, 0.29) is 12.0 Å². The molecule has 2 N–H and O–H groups in total. The Kier molecular flexibility index (Phi) is 5.77. The van der Waals surface area contributed by atoms with Gasteiger partial charge in [-0.3, -0.25) is 4.79 Å². The lowest BCUT2D eigenvalue weighted by Crippen LogP contribution is -2.55. The SMILES string of the molecule is O=C(NC1C2CC3CC(C2)CC1C3)c1ccc(OC2CCC(CO[n+]3ccc[nH]3)CC2)cc1. The molecular weight excluding hydrogens is 414 g/mol. The lowest BCUT2D eigenvalue weighted by atomic mass is 9.54. The quantitative estimate of drug-likeness (QED) is 0.629. The van der Waals surface area contributed by atoms with Gasteiger partial charge in [-0.2, -0.15) is 0 Å². The molecule has 1 heterocycles. The third-order valence-electron chi connectivity index (χ3n) is 8.71. The fraction of sp³-hybridized carbons (Fsp3) is 0.630. The fourth-order valence-electron chi connectivity index (χ4n) is 7.24. The zero-order chi connectivity index (χ0) is 22.2. The number of carbonyl (C=O) groups is 1. The molecule has 176 valence electrons. The van der Waals surface area contributed by atoms with E-state index < -0.39 is 0 Å². The Morgan fingerprint density at radius 3 is 2.30 bits per heavy atom. The number of hydrogen-bond acceptors (Lipinski definition) is 3. The largest absolute Gasteiger partial charge is 0.490 e. The van der Waals surface area contributed by atoms with E-state index in [0.29, 0.717) is 23.8 Å². The second-order valence-electron chi connectivity index (χ2n) is 11.0. The Bertz CT molecular complexity index is 906. The molecule has 5 aliphatic carbocycles. The number of nitrogens with zero attached hydrogens (tertiary/aromatic N) is 1. The number of aromatic amines is 1. The summed E-state index contributed by atoms with van der Waals surface area (Å²) >= 11 is 0. The smallest absolute Gasteiger partial charge is 0.253 e. The second kappa shape index (κ2) is 9.03. The van der Waals surface area contributed by atoms with Gasteiger partial charge in [0.1, 0.15) is 5.75 Å². The van der Waals surface area contributed by atoms with Gasteiger partial charge in [-0.15, -0.1) is 5.10 Å². The Morgan fingerprint density at radius 2 is 1.67 bits per heavy atom. The molecule has 33 heavy (non-hydrogen) atoms. The van der Waals surface area contributed by atoms with Crippen LogP contribution >= 0.6 is 0 Å². The van der Waals surface area contributed by atoms with Crippen molar-refractivity contribution in [2.75, 3.05) is 6.61 Å². The van der Waals surface area contributed by atoms with Crippen LogP contribution in [0.15, 0.2) is 42.7 Å². The number of benzene rings is 1. The van der Waals surface area contributed by atoms with Crippen molar-refractivity contribution in [2.24, 2.45) is 29.6 Å². The maximum Gasteiger partial charge on any atom is 0.253 e. The molecule has 0 saturated heterocycles. The van der Waals surface area contributed by atoms with Gasteiger partial charge in [0.05, 0.1) is 17.1 Å². The van der Waals surface area contributed by atoms with Crippen LogP contribution in [0.2, 0.25) is 0 Å². The summed E-state index contributed by atoms with van der Waals surface area (Å²) in [4.78, 5) is 20.4. The van der Waals surface area contributed by atoms with Crippen LogP contribution in [-0.2, 0) is 0 Å². The third-order valence-corrected chi connectivity index (χ3v) is 8.71. The molecule has 4 bridgehead atoms. The monoisotopic (exact) mass is 450 g/mol. The third kappa shape index (κ3) is 4.62. The van der Waals surface area contributed by atoms with Crippen molar-refractivity contribution in [1.82, 2.24) is 10.4 Å². The molecule has 1 aromatic heterocycles. The fourth-order valence-corrected chi connectivity index (χ4v) is 7.24. The van der Waals surface area contributed by atoms with E-state index in [0.717, 1.165) is 55.4 Å². The first-order valence-corrected chi connectivity index (χ1v) is 13.0. The summed E-state index contributed by atoms with van der Waals surface area (Å²) in [6.45, 7) is 0.728. The first kappa shape index (κ1) is 21.1. The Balaban J connectivity index is 0.972. The maximum absolute atomic E-state index is 13.0. The van der Waals surface area contributed by atoms with Crippen molar-refractivity contribution in [3.63, 3.8) is 0 Å². The number of ether oxygens (including phenoxy) is 1. The number of rotatable bonds is 7. The van der Waals surface area contributed by atoms with Gasteiger partial charge in [0.25, 0.3) is 12.1 Å². The van der Waals surface area contributed by atoms with Crippen LogP contribution in [0, 0.1) is 29.6 Å². The van der Waals surface area contributed by atoms with Crippen molar-refractivity contribution in [3.8, 4) is 5.75 Å². The van der Waals surface area contributed by atoms with Gasteiger partial charge in [0, 0.05) is 23.6 Å². The maximum atomic E-state index is 13.0. The number of amides is 1. The summed E-state index contributed by atoms with van der Waals surface area (Å²) in [5, 5.41) is 6.42. The highest BCUT2D eigenvalue weighted by Gasteiger charge is 2.48. The van der Waals surface area contributed by atoms with Crippen molar-refractivity contribution >= 4 is 5.91 Å². The van der Waals surface area contributed by atoms with Gasteiger partial charge in [-0.1, -0.05) is 0 Å². The summed E-state index contributed by atoms with van der Waals surface area (Å²) in [6, 6.07) is 10.1. The molecular formula is C27H36N3O3+. The molecule has 1 amide bonds. The van der Waals surface area contributed by atoms with Crippen LogP contribution in [0.1, 0.15) is 68.1 Å². The van der Waals surface area contributed by atoms with Gasteiger partial charge >= 0.3 is 0 Å². The van der Waals surface area contributed by atoms with E-state index >= 15 is 0 Å². The molecule has 1 aromatic carbocycles.